The molecule has 56 valence electrons. The van der Waals surface area contributed by atoms with Crippen LogP contribution in [0.25, 0.3) is 0 Å². The minimum absolute atomic E-state index is 0.617. The molecule has 0 radical (unpaired) electrons. The molecule has 0 aliphatic rings. The second-order valence-electron chi connectivity index (χ2n) is 1.87. The third-order valence-corrected chi connectivity index (χ3v) is 2.80. The predicted molar refractivity (Wildman–Crippen MR) is 46.9 cm³/mol. The molecule has 0 aromatic carbocycles. The van der Waals surface area contributed by atoms with E-state index in [2.05, 4.69) is 31.9 Å². The van der Waals surface area contributed by atoms with Gasteiger partial charge in [-0.15, -0.1) is 0 Å². The molecule has 0 saturated heterocycles. The first-order valence-electron chi connectivity index (χ1n) is 2.88. The summed E-state index contributed by atoms with van der Waals surface area (Å²) in [5, 5.41) is 0. The van der Waals surface area contributed by atoms with Crippen molar-refractivity contribution in [3.63, 3.8) is 0 Å². The highest BCUT2D eigenvalue weighted by Gasteiger charge is 2.03. The van der Waals surface area contributed by atoms with Gasteiger partial charge in [-0.3, -0.25) is 0 Å². The largest absolute Gasteiger partial charge is 0.453 e. The summed E-state index contributed by atoms with van der Waals surface area (Å²) in [5.74, 6) is 0.904. The molecule has 0 fully saturated rings. The average molecular weight is 269 g/mol. The molecule has 1 rings (SSSR count). The molecular formula is C6H7Br2NO. The first-order valence-corrected chi connectivity index (χ1v) is 4.46. The lowest BCUT2D eigenvalue weighted by molar-refractivity contribution is 0.488. The van der Waals surface area contributed by atoms with Gasteiger partial charge in [0.15, 0.2) is 4.67 Å². The third-order valence-electron chi connectivity index (χ3n) is 1.09. The predicted octanol–water partition coefficient (Wildman–Crippen LogP) is 2.31. The van der Waals surface area contributed by atoms with Crippen LogP contribution in [-0.4, -0.2) is 6.54 Å². The minimum atomic E-state index is 0.617. The topological polar surface area (TPSA) is 39.2 Å². The molecule has 0 saturated carbocycles. The number of hydrogen-bond donors (Lipinski definition) is 1. The van der Waals surface area contributed by atoms with Gasteiger partial charge in [0.1, 0.15) is 5.76 Å². The Balaban J connectivity index is 2.77. The second kappa shape index (κ2) is 3.55. The number of hydrogen-bond acceptors (Lipinski definition) is 2. The maximum atomic E-state index is 5.33. The van der Waals surface area contributed by atoms with Gasteiger partial charge >= 0.3 is 0 Å². The monoisotopic (exact) mass is 267 g/mol. The molecule has 2 nitrogen and oxygen atoms in total. The maximum Gasteiger partial charge on any atom is 0.183 e. The fourth-order valence-electron chi connectivity index (χ4n) is 0.657. The van der Waals surface area contributed by atoms with Crippen molar-refractivity contribution in [3.8, 4) is 0 Å². The van der Waals surface area contributed by atoms with Crippen LogP contribution in [0.4, 0.5) is 0 Å². The van der Waals surface area contributed by atoms with E-state index in [0.717, 1.165) is 21.3 Å². The molecule has 2 N–H and O–H groups in total. The Morgan fingerprint density at radius 3 is 2.60 bits per heavy atom. The number of rotatable bonds is 2. The van der Waals surface area contributed by atoms with E-state index in [0.29, 0.717) is 6.54 Å². The Labute approximate surface area is 76.0 Å². The third kappa shape index (κ3) is 1.84. The van der Waals surface area contributed by atoms with Crippen LogP contribution >= 0.6 is 31.9 Å². The standard InChI is InChI=1S/C6H7Br2NO/c7-5-3-4(1-2-9)10-6(5)8/h3H,1-2,9H2. The smallest absolute Gasteiger partial charge is 0.183 e. The van der Waals surface area contributed by atoms with Gasteiger partial charge in [-0.25, -0.2) is 0 Å². The van der Waals surface area contributed by atoms with Crippen molar-refractivity contribution < 1.29 is 4.42 Å². The van der Waals surface area contributed by atoms with Crippen LogP contribution in [0, 0.1) is 0 Å². The van der Waals surface area contributed by atoms with Gasteiger partial charge in [0, 0.05) is 6.42 Å². The first kappa shape index (κ1) is 8.30. The van der Waals surface area contributed by atoms with Crippen LogP contribution in [-0.2, 0) is 6.42 Å². The zero-order valence-corrected chi connectivity index (χ0v) is 8.41. The van der Waals surface area contributed by atoms with Crippen LogP contribution in [0.5, 0.6) is 0 Å². The molecule has 1 aromatic rings. The molecule has 4 heteroatoms. The highest BCUT2D eigenvalue weighted by molar-refractivity contribution is 9.13. The Morgan fingerprint density at radius 1 is 1.50 bits per heavy atom. The van der Waals surface area contributed by atoms with Gasteiger partial charge in [-0.1, -0.05) is 0 Å². The maximum absolute atomic E-state index is 5.33. The summed E-state index contributed by atoms with van der Waals surface area (Å²) in [6.07, 6.45) is 0.782. The van der Waals surface area contributed by atoms with E-state index in [1.54, 1.807) is 0 Å². The van der Waals surface area contributed by atoms with Crippen molar-refractivity contribution in [1.29, 1.82) is 0 Å². The van der Waals surface area contributed by atoms with E-state index in [9.17, 15) is 0 Å². The van der Waals surface area contributed by atoms with Crippen LogP contribution in [0.1, 0.15) is 5.76 Å². The lowest BCUT2D eigenvalue weighted by Crippen LogP contribution is -2.01. The summed E-state index contributed by atoms with van der Waals surface area (Å²) in [4.78, 5) is 0. The van der Waals surface area contributed by atoms with E-state index in [-0.39, 0.29) is 0 Å². The van der Waals surface area contributed by atoms with Crippen molar-refractivity contribution >= 4 is 31.9 Å². The Bertz CT molecular complexity index is 202. The molecule has 0 spiro atoms. The Morgan fingerprint density at radius 2 is 2.20 bits per heavy atom. The highest BCUT2D eigenvalue weighted by Crippen LogP contribution is 2.26. The highest BCUT2D eigenvalue weighted by atomic mass is 79.9. The summed E-state index contributed by atoms with van der Waals surface area (Å²) in [5.41, 5.74) is 5.33. The van der Waals surface area contributed by atoms with Crippen molar-refractivity contribution in [2.75, 3.05) is 6.54 Å². The van der Waals surface area contributed by atoms with Crippen molar-refractivity contribution in [2.45, 2.75) is 6.42 Å². The quantitative estimate of drug-likeness (QED) is 0.894. The summed E-state index contributed by atoms with van der Waals surface area (Å²) < 4.78 is 6.92. The van der Waals surface area contributed by atoms with Gasteiger partial charge in [0.25, 0.3) is 0 Å². The lowest BCUT2D eigenvalue weighted by Gasteiger charge is -1.87. The van der Waals surface area contributed by atoms with E-state index in [1.807, 2.05) is 6.07 Å². The summed E-state index contributed by atoms with van der Waals surface area (Å²) in [6, 6.07) is 1.91. The zero-order valence-electron chi connectivity index (χ0n) is 5.23. The molecule has 1 heterocycles. The van der Waals surface area contributed by atoms with Crippen molar-refractivity contribution in [1.82, 2.24) is 0 Å². The van der Waals surface area contributed by atoms with Gasteiger partial charge < -0.3 is 10.2 Å². The fraction of sp³-hybridized carbons (Fsp3) is 0.333. The van der Waals surface area contributed by atoms with Gasteiger partial charge in [-0.05, 0) is 44.5 Å². The molecule has 0 aliphatic carbocycles. The van der Waals surface area contributed by atoms with E-state index in [4.69, 9.17) is 10.2 Å². The molecular weight excluding hydrogens is 262 g/mol. The molecule has 10 heavy (non-hydrogen) atoms. The van der Waals surface area contributed by atoms with Gasteiger partial charge in [0.05, 0.1) is 4.47 Å². The first-order chi connectivity index (χ1) is 4.74. The fourth-order valence-corrected chi connectivity index (χ4v) is 1.32. The molecule has 0 atom stereocenters. The number of nitrogens with two attached hydrogens (primary N) is 1. The summed E-state index contributed by atoms with van der Waals surface area (Å²) in [6.45, 7) is 0.617. The van der Waals surface area contributed by atoms with Crippen LogP contribution in [0.2, 0.25) is 0 Å². The Hall–Kier alpha value is 0.200. The van der Waals surface area contributed by atoms with E-state index in [1.165, 1.54) is 0 Å². The van der Waals surface area contributed by atoms with Crippen LogP contribution < -0.4 is 5.73 Å². The normalized spacial score (nSPS) is 10.3. The molecule has 1 aromatic heterocycles. The van der Waals surface area contributed by atoms with Crippen molar-refractivity contribution in [2.24, 2.45) is 5.73 Å². The molecule has 0 bridgehead atoms. The summed E-state index contributed by atoms with van der Waals surface area (Å²) in [7, 11) is 0. The zero-order chi connectivity index (χ0) is 7.56. The second-order valence-corrected chi connectivity index (χ2v) is 3.45. The van der Waals surface area contributed by atoms with E-state index >= 15 is 0 Å². The summed E-state index contributed by atoms with van der Waals surface area (Å²) >= 11 is 6.54. The van der Waals surface area contributed by atoms with Gasteiger partial charge in [0.2, 0.25) is 0 Å². The molecule has 0 unspecified atom stereocenters. The molecule has 0 aliphatic heterocycles. The Kier molecular flexibility index (Phi) is 2.95. The lowest BCUT2D eigenvalue weighted by atomic mass is 10.3. The minimum Gasteiger partial charge on any atom is -0.453 e. The molecule has 0 amide bonds. The van der Waals surface area contributed by atoms with Crippen LogP contribution in [0.15, 0.2) is 19.6 Å². The van der Waals surface area contributed by atoms with E-state index < -0.39 is 0 Å². The SMILES string of the molecule is NCCc1cc(Br)c(Br)o1. The van der Waals surface area contributed by atoms with Gasteiger partial charge in [-0.2, -0.15) is 0 Å². The number of furan rings is 1. The van der Waals surface area contributed by atoms with Crippen LogP contribution in [0.3, 0.4) is 0 Å². The average Bonchev–Trinajstić information content (AvgIpc) is 2.14. The number of halogens is 2. The van der Waals surface area contributed by atoms with Crippen molar-refractivity contribution in [3.05, 3.63) is 21.0 Å².